The highest BCUT2D eigenvalue weighted by molar-refractivity contribution is 5.90. The van der Waals surface area contributed by atoms with Crippen molar-refractivity contribution in [1.82, 2.24) is 20.7 Å². The van der Waals surface area contributed by atoms with Crippen molar-refractivity contribution in [3.8, 4) is 0 Å². The minimum absolute atomic E-state index is 0.184. The molecule has 0 saturated heterocycles. The Hall–Kier alpha value is -3.58. The summed E-state index contributed by atoms with van der Waals surface area (Å²) in [5.41, 5.74) is 9.26. The summed E-state index contributed by atoms with van der Waals surface area (Å²) in [5.74, 6) is -0.386. The summed E-state index contributed by atoms with van der Waals surface area (Å²) in [5, 5.41) is 7.58. The minimum Gasteiger partial charge on any atom is -0.397 e. The molecule has 0 fully saturated rings. The second-order valence-corrected chi connectivity index (χ2v) is 8.74. The van der Waals surface area contributed by atoms with E-state index in [-0.39, 0.29) is 18.1 Å². The fourth-order valence-electron chi connectivity index (χ4n) is 2.87. The van der Waals surface area contributed by atoms with Crippen molar-refractivity contribution < 1.29 is 9.28 Å². The van der Waals surface area contributed by atoms with Crippen LogP contribution in [0, 0.1) is 0 Å². The number of hydrogen-bond donors (Lipinski definition) is 4. The number of fused-ring (bicyclic) bond motifs is 1. The summed E-state index contributed by atoms with van der Waals surface area (Å²) in [6.45, 7) is 15.7. The van der Waals surface area contributed by atoms with Crippen LogP contribution in [0.15, 0.2) is 84.9 Å². The summed E-state index contributed by atoms with van der Waals surface area (Å²) < 4.78 is 14.3. The van der Waals surface area contributed by atoms with E-state index in [4.69, 9.17) is 5.73 Å². The average Bonchev–Trinajstić information content (AvgIpc) is 3.12. The molecule has 0 saturated carbocycles. The van der Waals surface area contributed by atoms with Gasteiger partial charge in [0.15, 0.2) is 0 Å². The van der Waals surface area contributed by atoms with Crippen LogP contribution in [0.2, 0.25) is 0 Å². The number of nitrogens with one attached hydrogen (secondary N) is 3. The number of nitrogens with two attached hydrogens (primary N) is 1. The standard InChI is InChI=1S/C26H34FN5O/c1-7-8-9-10-18(2)30-25(33)15-23(28)19(3)29-16-20-11-12-21-14-22(31-24(21)13-20)17-32(27)26(4,5)6/h7-15,29,31H,2-3,16-17,28H2,1,4-6H3,(H,30,33)/b8-7-,10-9-,23-15-. The molecule has 0 atom stereocenters. The lowest BCUT2D eigenvalue weighted by Crippen LogP contribution is -2.34. The molecule has 0 aliphatic heterocycles. The first-order valence-electron chi connectivity index (χ1n) is 10.7. The number of aromatic nitrogens is 1. The molecule has 0 unspecified atom stereocenters. The zero-order valence-corrected chi connectivity index (χ0v) is 19.8. The van der Waals surface area contributed by atoms with Crippen molar-refractivity contribution in [1.29, 1.82) is 0 Å². The number of nitrogens with zero attached hydrogens (tertiary/aromatic N) is 1. The third-order valence-corrected chi connectivity index (χ3v) is 4.81. The van der Waals surface area contributed by atoms with Gasteiger partial charge in [-0.25, -0.2) is 0 Å². The summed E-state index contributed by atoms with van der Waals surface area (Å²) in [7, 11) is 0. The first kappa shape index (κ1) is 25.7. The molecule has 5 N–H and O–H groups in total. The molecule has 6 nitrogen and oxygen atoms in total. The minimum atomic E-state index is -0.562. The highest BCUT2D eigenvalue weighted by Gasteiger charge is 2.21. The molecule has 33 heavy (non-hydrogen) atoms. The van der Waals surface area contributed by atoms with E-state index in [0.717, 1.165) is 27.3 Å². The summed E-state index contributed by atoms with van der Waals surface area (Å²) in [6.07, 6.45) is 8.43. The van der Waals surface area contributed by atoms with Gasteiger partial charge in [0, 0.05) is 35.1 Å². The molecule has 1 aromatic carbocycles. The number of allylic oxidation sites excluding steroid dienone is 4. The van der Waals surface area contributed by atoms with Gasteiger partial charge in [0.2, 0.25) is 5.91 Å². The van der Waals surface area contributed by atoms with E-state index in [2.05, 4.69) is 28.8 Å². The first-order valence-corrected chi connectivity index (χ1v) is 10.7. The van der Waals surface area contributed by atoms with Gasteiger partial charge in [-0.2, -0.15) is 0 Å². The highest BCUT2D eigenvalue weighted by atomic mass is 19.2. The molecule has 1 aromatic heterocycles. The molecule has 0 aliphatic rings. The Morgan fingerprint density at radius 1 is 1.24 bits per heavy atom. The van der Waals surface area contributed by atoms with Crippen LogP contribution in [0.3, 0.4) is 0 Å². The lowest BCUT2D eigenvalue weighted by atomic mass is 10.1. The maximum absolute atomic E-state index is 14.3. The van der Waals surface area contributed by atoms with E-state index in [1.54, 1.807) is 12.2 Å². The SMILES string of the molecule is C=C(/C=C\C=C/C)NC(=O)/C=C(\N)C(=C)NCc1ccc2cc(CN(F)C(C)(C)C)[nH]c2c1. The predicted molar refractivity (Wildman–Crippen MR) is 134 cm³/mol. The Morgan fingerprint density at radius 2 is 1.97 bits per heavy atom. The van der Waals surface area contributed by atoms with Gasteiger partial charge in [0.1, 0.15) is 0 Å². The smallest absolute Gasteiger partial charge is 0.250 e. The maximum atomic E-state index is 14.3. The second-order valence-electron chi connectivity index (χ2n) is 8.74. The zero-order valence-electron chi connectivity index (χ0n) is 19.8. The average molecular weight is 452 g/mol. The fourth-order valence-corrected chi connectivity index (χ4v) is 2.87. The highest BCUT2D eigenvalue weighted by Crippen LogP contribution is 2.22. The van der Waals surface area contributed by atoms with Crippen LogP contribution < -0.4 is 16.4 Å². The van der Waals surface area contributed by atoms with Crippen LogP contribution >= 0.6 is 0 Å². The zero-order chi connectivity index (χ0) is 24.6. The van der Waals surface area contributed by atoms with E-state index >= 15 is 0 Å². The molecule has 7 heteroatoms. The molecule has 0 bridgehead atoms. The number of rotatable bonds is 10. The number of carbonyl (C=O) groups excluding carboxylic acids is 1. The molecule has 2 aromatic rings. The Balaban J connectivity index is 1.95. The van der Waals surface area contributed by atoms with Crippen LogP contribution in [0.1, 0.15) is 39.0 Å². The quantitative estimate of drug-likeness (QED) is 0.236. The van der Waals surface area contributed by atoms with Gasteiger partial charge in [-0.05, 0) is 56.9 Å². The van der Waals surface area contributed by atoms with E-state index < -0.39 is 5.54 Å². The first-order chi connectivity index (χ1) is 15.5. The second kappa shape index (κ2) is 11.3. The van der Waals surface area contributed by atoms with Gasteiger partial charge in [-0.15, -0.1) is 9.60 Å². The lowest BCUT2D eigenvalue weighted by molar-refractivity contribution is -0.115. The van der Waals surface area contributed by atoms with Gasteiger partial charge < -0.3 is 21.4 Å². The van der Waals surface area contributed by atoms with Crippen molar-refractivity contribution in [3.63, 3.8) is 0 Å². The van der Waals surface area contributed by atoms with Crippen LogP contribution in [-0.2, 0) is 17.9 Å². The molecular weight excluding hydrogens is 417 g/mol. The van der Waals surface area contributed by atoms with Crippen LogP contribution in [0.25, 0.3) is 10.9 Å². The number of H-pyrrole nitrogens is 1. The Morgan fingerprint density at radius 3 is 2.64 bits per heavy atom. The fraction of sp³-hybridized carbons (Fsp3) is 0.269. The number of benzene rings is 1. The van der Waals surface area contributed by atoms with E-state index in [1.165, 1.54) is 6.08 Å². The maximum Gasteiger partial charge on any atom is 0.250 e. The molecule has 0 radical (unpaired) electrons. The molecule has 1 amide bonds. The Labute approximate surface area is 195 Å². The van der Waals surface area contributed by atoms with Gasteiger partial charge >= 0.3 is 0 Å². The summed E-state index contributed by atoms with van der Waals surface area (Å²) in [4.78, 5) is 15.4. The van der Waals surface area contributed by atoms with Crippen LogP contribution in [0.5, 0.6) is 0 Å². The van der Waals surface area contributed by atoms with Crippen molar-refractivity contribution >= 4 is 16.8 Å². The Bertz CT molecular complexity index is 1100. The number of carbonyl (C=O) groups is 1. The monoisotopic (exact) mass is 451 g/mol. The van der Waals surface area contributed by atoms with Gasteiger partial charge in [-0.1, -0.05) is 43.5 Å². The lowest BCUT2D eigenvalue weighted by Gasteiger charge is -2.26. The van der Waals surface area contributed by atoms with Gasteiger partial charge in [-0.3, -0.25) is 4.79 Å². The third kappa shape index (κ3) is 8.12. The number of hydrogen-bond acceptors (Lipinski definition) is 4. The van der Waals surface area contributed by atoms with Crippen LogP contribution in [-0.4, -0.2) is 21.6 Å². The van der Waals surface area contributed by atoms with Crippen LogP contribution in [0.4, 0.5) is 4.48 Å². The molecule has 0 aliphatic carbocycles. The van der Waals surface area contributed by atoms with E-state index in [9.17, 15) is 9.28 Å². The molecule has 0 spiro atoms. The third-order valence-electron chi connectivity index (χ3n) is 4.81. The van der Waals surface area contributed by atoms with Crippen molar-refractivity contribution in [2.75, 3.05) is 0 Å². The molecular formula is C26H34FN5O. The summed E-state index contributed by atoms with van der Waals surface area (Å²) in [6, 6.07) is 7.90. The van der Waals surface area contributed by atoms with Crippen molar-refractivity contribution in [2.24, 2.45) is 5.73 Å². The molecule has 2 rings (SSSR count). The molecule has 1 heterocycles. The van der Waals surface area contributed by atoms with Crippen molar-refractivity contribution in [3.05, 3.63) is 96.2 Å². The summed E-state index contributed by atoms with van der Waals surface area (Å²) >= 11 is 0. The number of amides is 1. The van der Waals surface area contributed by atoms with Crippen molar-refractivity contribution in [2.45, 2.75) is 46.3 Å². The largest absolute Gasteiger partial charge is 0.397 e. The predicted octanol–water partition coefficient (Wildman–Crippen LogP) is 4.86. The molecule has 176 valence electrons. The number of aromatic amines is 1. The van der Waals surface area contributed by atoms with E-state index in [1.807, 2.05) is 64.1 Å². The van der Waals surface area contributed by atoms with Gasteiger partial charge in [0.25, 0.3) is 0 Å². The normalized spacial score (nSPS) is 12.7. The Kier molecular flexibility index (Phi) is 8.82. The number of halogens is 1. The topological polar surface area (TPSA) is 86.2 Å². The van der Waals surface area contributed by atoms with Gasteiger partial charge in [0.05, 0.1) is 17.9 Å². The van der Waals surface area contributed by atoms with E-state index in [0.29, 0.717) is 17.9 Å².